The molecule has 1 aromatic rings. The average Bonchev–Trinajstić information content (AvgIpc) is 2.80. The number of fused-ring (bicyclic) bond motifs is 2. The molecule has 7 heteroatoms. The van der Waals surface area contributed by atoms with Crippen LogP contribution in [0.3, 0.4) is 0 Å². The summed E-state index contributed by atoms with van der Waals surface area (Å²) in [6.45, 7) is 7.14. The van der Waals surface area contributed by atoms with Crippen LogP contribution in [0.15, 0.2) is 45.7 Å². The third-order valence-corrected chi connectivity index (χ3v) is 5.91. The molecule has 0 saturated carbocycles. The predicted octanol–water partition coefficient (Wildman–Crippen LogP) is 2.14. The van der Waals surface area contributed by atoms with Crippen molar-refractivity contribution in [3.63, 3.8) is 0 Å². The van der Waals surface area contributed by atoms with E-state index < -0.39 is 35.1 Å². The van der Waals surface area contributed by atoms with Gasteiger partial charge in [0.15, 0.2) is 0 Å². The van der Waals surface area contributed by atoms with E-state index in [1.807, 2.05) is 6.92 Å². The molecule has 2 saturated heterocycles. The fourth-order valence-electron chi connectivity index (χ4n) is 3.94. The molecule has 1 aromatic heterocycles. The van der Waals surface area contributed by atoms with E-state index in [-0.39, 0.29) is 6.10 Å². The minimum absolute atomic E-state index is 0.338. The first kappa shape index (κ1) is 21.5. The number of hydrogen-bond donors (Lipinski definition) is 2. The normalized spacial score (nSPS) is 37.2. The molecular weight excluding hydrogens is 376 g/mol. The summed E-state index contributed by atoms with van der Waals surface area (Å²) in [5.74, 6) is 0.898. The highest BCUT2D eigenvalue weighted by molar-refractivity contribution is 5.52. The van der Waals surface area contributed by atoms with Crippen LogP contribution in [0.2, 0.25) is 0 Å². The first-order valence-corrected chi connectivity index (χ1v) is 9.55. The standard InChI is InChI=1S/C22H28O7/c1-13-15(27-18(23)12-17(13)26-5)10-8-6-7-9-11-16-19(24)22(4)20(25)21(3,29-16)14(2)28-22/h6-12,14,16,19-20,24-25H,1-5H3/b7-6+,10-8+,11-9+/t14-,16+,19+,20-,21+,22+/m1/s1. The predicted molar refractivity (Wildman–Crippen MR) is 108 cm³/mol. The van der Waals surface area contributed by atoms with Crippen LogP contribution in [0, 0.1) is 6.92 Å². The molecule has 0 spiro atoms. The summed E-state index contributed by atoms with van der Waals surface area (Å²) >= 11 is 0. The van der Waals surface area contributed by atoms with Crippen LogP contribution < -0.4 is 10.4 Å². The van der Waals surface area contributed by atoms with Gasteiger partial charge < -0.3 is 28.8 Å². The summed E-state index contributed by atoms with van der Waals surface area (Å²) in [7, 11) is 1.50. The lowest BCUT2D eigenvalue weighted by atomic mass is 9.78. The van der Waals surface area contributed by atoms with Gasteiger partial charge in [-0.15, -0.1) is 0 Å². The SMILES string of the molecule is COc1cc(=O)oc(/C=C/C=C/C=C/[C@@H]2O[C@]3(C)[C@@H](O)[C@@](C)(O[C@@H]3C)[C@H]2O)c1C. The molecule has 2 aliphatic heterocycles. The number of hydrogen-bond acceptors (Lipinski definition) is 7. The van der Waals surface area contributed by atoms with E-state index in [2.05, 4.69) is 0 Å². The number of methoxy groups -OCH3 is 1. The smallest absolute Gasteiger partial charge is 0.339 e. The zero-order chi connectivity index (χ0) is 21.4. The van der Waals surface area contributed by atoms with E-state index in [9.17, 15) is 15.0 Å². The van der Waals surface area contributed by atoms with E-state index in [0.717, 1.165) is 5.56 Å². The molecule has 2 aliphatic rings. The maximum absolute atomic E-state index is 11.5. The Morgan fingerprint density at radius 2 is 1.79 bits per heavy atom. The van der Waals surface area contributed by atoms with Crippen LogP contribution >= 0.6 is 0 Å². The Labute approximate surface area is 169 Å². The highest BCUT2D eigenvalue weighted by Crippen LogP contribution is 2.48. The van der Waals surface area contributed by atoms with E-state index in [4.69, 9.17) is 18.6 Å². The monoisotopic (exact) mass is 404 g/mol. The molecule has 29 heavy (non-hydrogen) atoms. The second-order valence-corrected chi connectivity index (χ2v) is 7.81. The molecule has 2 bridgehead atoms. The van der Waals surface area contributed by atoms with E-state index >= 15 is 0 Å². The zero-order valence-corrected chi connectivity index (χ0v) is 17.3. The molecule has 2 N–H and O–H groups in total. The fraction of sp³-hybridized carbons (Fsp3) is 0.500. The van der Waals surface area contributed by atoms with Crippen molar-refractivity contribution in [2.75, 3.05) is 7.11 Å². The zero-order valence-electron chi connectivity index (χ0n) is 17.3. The second kappa shape index (κ2) is 7.91. The van der Waals surface area contributed by atoms with Gasteiger partial charge in [0.05, 0.1) is 19.3 Å². The Morgan fingerprint density at radius 1 is 1.10 bits per heavy atom. The lowest BCUT2D eigenvalue weighted by Crippen LogP contribution is -2.64. The van der Waals surface area contributed by atoms with Crippen molar-refractivity contribution in [3.05, 3.63) is 58.2 Å². The molecular formula is C22H28O7. The molecule has 0 unspecified atom stereocenters. The maximum atomic E-state index is 11.5. The first-order chi connectivity index (χ1) is 13.6. The van der Waals surface area contributed by atoms with E-state index in [0.29, 0.717) is 11.5 Å². The van der Waals surface area contributed by atoms with Gasteiger partial charge in [-0.2, -0.15) is 0 Å². The third-order valence-electron chi connectivity index (χ3n) is 5.91. The van der Waals surface area contributed by atoms with Crippen molar-refractivity contribution in [2.24, 2.45) is 0 Å². The minimum atomic E-state index is -1.08. The highest BCUT2D eigenvalue weighted by Gasteiger charge is 2.66. The van der Waals surface area contributed by atoms with Crippen molar-refractivity contribution in [1.29, 1.82) is 0 Å². The van der Waals surface area contributed by atoms with Gasteiger partial charge in [-0.1, -0.05) is 30.4 Å². The van der Waals surface area contributed by atoms with Gasteiger partial charge in [-0.3, -0.25) is 0 Å². The van der Waals surface area contributed by atoms with Crippen LogP contribution in [0.1, 0.15) is 32.1 Å². The van der Waals surface area contributed by atoms with Crippen molar-refractivity contribution in [3.8, 4) is 5.75 Å². The van der Waals surface area contributed by atoms with Crippen molar-refractivity contribution in [2.45, 2.75) is 63.3 Å². The second-order valence-electron chi connectivity index (χ2n) is 7.81. The molecule has 6 atom stereocenters. The Hall–Kier alpha value is -2.19. The summed E-state index contributed by atoms with van der Waals surface area (Å²) in [5, 5.41) is 21.1. The lowest BCUT2D eigenvalue weighted by Gasteiger charge is -2.45. The van der Waals surface area contributed by atoms with Crippen LogP contribution in [0.4, 0.5) is 0 Å². The third kappa shape index (κ3) is 3.71. The largest absolute Gasteiger partial charge is 0.496 e. The summed E-state index contributed by atoms with van der Waals surface area (Å²) in [6.07, 6.45) is 7.56. The van der Waals surface area contributed by atoms with Crippen LogP contribution in [0.25, 0.3) is 6.08 Å². The molecule has 0 aliphatic carbocycles. The van der Waals surface area contributed by atoms with E-state index in [1.54, 1.807) is 57.2 Å². The summed E-state index contributed by atoms with van der Waals surface area (Å²) in [5.41, 5.74) is -1.70. The molecule has 7 nitrogen and oxygen atoms in total. The molecule has 0 radical (unpaired) electrons. The minimum Gasteiger partial charge on any atom is -0.496 e. The summed E-state index contributed by atoms with van der Waals surface area (Å²) < 4.78 is 22.1. The van der Waals surface area contributed by atoms with Gasteiger partial charge in [0.25, 0.3) is 0 Å². The number of allylic oxidation sites excluding steroid dienone is 4. The van der Waals surface area contributed by atoms with Gasteiger partial charge >= 0.3 is 5.63 Å². The van der Waals surface area contributed by atoms with Gasteiger partial charge in [0.2, 0.25) is 0 Å². The van der Waals surface area contributed by atoms with Gasteiger partial charge in [0.1, 0.15) is 41.0 Å². The number of rotatable bonds is 5. The number of aliphatic hydroxyl groups excluding tert-OH is 2. The maximum Gasteiger partial charge on any atom is 0.339 e. The number of aliphatic hydroxyl groups is 2. The summed E-state index contributed by atoms with van der Waals surface area (Å²) in [4.78, 5) is 11.5. The van der Waals surface area contributed by atoms with Crippen molar-refractivity contribution < 1.29 is 28.8 Å². The van der Waals surface area contributed by atoms with Crippen LogP contribution in [-0.2, 0) is 9.47 Å². The lowest BCUT2D eigenvalue weighted by molar-refractivity contribution is -0.224. The van der Waals surface area contributed by atoms with Gasteiger partial charge in [-0.05, 0) is 33.8 Å². The molecule has 0 aromatic carbocycles. The number of ether oxygens (including phenoxy) is 3. The fourth-order valence-corrected chi connectivity index (χ4v) is 3.94. The first-order valence-electron chi connectivity index (χ1n) is 9.55. The Bertz CT molecular complexity index is 899. The molecule has 3 rings (SSSR count). The Kier molecular flexibility index (Phi) is 5.87. The topological polar surface area (TPSA) is 98.4 Å². The molecule has 2 fully saturated rings. The van der Waals surface area contributed by atoms with E-state index in [1.165, 1.54) is 13.2 Å². The van der Waals surface area contributed by atoms with Crippen LogP contribution in [0.5, 0.6) is 5.75 Å². The highest BCUT2D eigenvalue weighted by atomic mass is 16.6. The average molecular weight is 404 g/mol. The summed E-state index contributed by atoms with van der Waals surface area (Å²) in [6, 6.07) is 1.30. The molecule has 0 amide bonds. The Morgan fingerprint density at radius 3 is 2.48 bits per heavy atom. The Balaban J connectivity index is 1.68. The molecule has 3 heterocycles. The van der Waals surface area contributed by atoms with Crippen LogP contribution in [-0.4, -0.2) is 52.9 Å². The van der Waals surface area contributed by atoms with Gasteiger partial charge in [0, 0.05) is 5.56 Å². The molecule has 158 valence electrons. The van der Waals surface area contributed by atoms with Crippen molar-refractivity contribution in [1.82, 2.24) is 0 Å². The quantitative estimate of drug-likeness (QED) is 0.726. The van der Waals surface area contributed by atoms with Gasteiger partial charge in [-0.25, -0.2) is 4.79 Å². The van der Waals surface area contributed by atoms with Crippen molar-refractivity contribution >= 4 is 6.08 Å².